The predicted molar refractivity (Wildman–Crippen MR) is 83.4 cm³/mol. The number of hydrogen-bond donors (Lipinski definition) is 2. The van der Waals surface area contributed by atoms with Crippen LogP contribution in [0.5, 0.6) is 5.75 Å². The van der Waals surface area contributed by atoms with Gasteiger partial charge in [0.15, 0.2) is 0 Å². The van der Waals surface area contributed by atoms with Gasteiger partial charge in [-0.2, -0.15) is 0 Å². The Labute approximate surface area is 126 Å². The van der Waals surface area contributed by atoms with Crippen LogP contribution >= 0.6 is 11.6 Å². The third-order valence-corrected chi connectivity index (χ3v) is 3.43. The number of rotatable bonds is 8. The van der Waals surface area contributed by atoms with Crippen molar-refractivity contribution in [3.05, 3.63) is 28.8 Å². The minimum Gasteiger partial charge on any atom is -0.507 e. The number of amides is 1. The quantitative estimate of drug-likeness (QED) is 0.700. The first-order valence-corrected chi connectivity index (χ1v) is 7.65. The largest absolute Gasteiger partial charge is 0.507 e. The average Bonchev–Trinajstić information content (AvgIpc) is 2.37. The van der Waals surface area contributed by atoms with Gasteiger partial charge in [-0.15, -0.1) is 0 Å². The zero-order chi connectivity index (χ0) is 15.0. The van der Waals surface area contributed by atoms with E-state index in [-0.39, 0.29) is 17.2 Å². The summed E-state index contributed by atoms with van der Waals surface area (Å²) in [5.74, 6) is 0.441. The van der Waals surface area contributed by atoms with Crippen LogP contribution in [0.3, 0.4) is 0 Å². The smallest absolute Gasteiger partial charge is 0.255 e. The molecule has 0 atom stereocenters. The number of halogens is 1. The number of benzene rings is 1. The minimum absolute atomic E-state index is 0.0769. The summed E-state index contributed by atoms with van der Waals surface area (Å²) in [6, 6.07) is 4.51. The van der Waals surface area contributed by atoms with E-state index in [0.717, 1.165) is 18.8 Å². The number of carbonyl (C=O) groups excluding carboxylic acids is 1. The third kappa shape index (κ3) is 6.29. The highest BCUT2D eigenvalue weighted by molar-refractivity contribution is 6.30. The molecular formula is C16H24ClNO2. The van der Waals surface area contributed by atoms with Crippen molar-refractivity contribution in [3.63, 3.8) is 0 Å². The Morgan fingerprint density at radius 3 is 2.60 bits per heavy atom. The van der Waals surface area contributed by atoms with Crippen molar-refractivity contribution in [1.82, 2.24) is 5.32 Å². The maximum absolute atomic E-state index is 11.8. The molecule has 4 heteroatoms. The fourth-order valence-electron chi connectivity index (χ4n) is 2.03. The second-order valence-electron chi connectivity index (χ2n) is 5.51. The van der Waals surface area contributed by atoms with Gasteiger partial charge in [0, 0.05) is 11.6 Å². The maximum Gasteiger partial charge on any atom is 0.255 e. The Kier molecular flexibility index (Phi) is 7.45. The highest BCUT2D eigenvalue weighted by atomic mass is 35.5. The fraction of sp³-hybridized carbons (Fsp3) is 0.562. The summed E-state index contributed by atoms with van der Waals surface area (Å²) in [5.41, 5.74) is 0.272. The van der Waals surface area contributed by atoms with Crippen molar-refractivity contribution in [1.29, 1.82) is 0 Å². The van der Waals surface area contributed by atoms with E-state index in [0.29, 0.717) is 11.6 Å². The molecule has 1 aromatic carbocycles. The van der Waals surface area contributed by atoms with E-state index in [4.69, 9.17) is 11.6 Å². The van der Waals surface area contributed by atoms with Crippen molar-refractivity contribution in [2.75, 3.05) is 6.54 Å². The third-order valence-electron chi connectivity index (χ3n) is 3.20. The number of aromatic hydroxyl groups is 1. The lowest BCUT2D eigenvalue weighted by Gasteiger charge is -2.07. The van der Waals surface area contributed by atoms with Crippen LogP contribution in [0.15, 0.2) is 18.2 Å². The molecule has 3 nitrogen and oxygen atoms in total. The summed E-state index contributed by atoms with van der Waals surface area (Å²) in [6.07, 6.45) is 5.83. The Hall–Kier alpha value is -1.22. The average molecular weight is 298 g/mol. The van der Waals surface area contributed by atoms with Gasteiger partial charge in [-0.1, -0.05) is 51.1 Å². The zero-order valence-electron chi connectivity index (χ0n) is 12.3. The summed E-state index contributed by atoms with van der Waals surface area (Å²) < 4.78 is 0. The van der Waals surface area contributed by atoms with Gasteiger partial charge in [-0.3, -0.25) is 4.79 Å². The van der Waals surface area contributed by atoms with Gasteiger partial charge < -0.3 is 10.4 Å². The van der Waals surface area contributed by atoms with E-state index in [1.165, 1.54) is 31.4 Å². The molecule has 2 N–H and O–H groups in total. The van der Waals surface area contributed by atoms with Crippen LogP contribution in [-0.2, 0) is 0 Å². The summed E-state index contributed by atoms with van der Waals surface area (Å²) in [5, 5.41) is 12.9. The monoisotopic (exact) mass is 297 g/mol. The normalized spacial score (nSPS) is 10.8. The number of phenols is 1. The van der Waals surface area contributed by atoms with Crippen LogP contribution in [0.25, 0.3) is 0 Å². The van der Waals surface area contributed by atoms with Gasteiger partial charge in [-0.05, 0) is 30.5 Å². The van der Waals surface area contributed by atoms with Crippen LogP contribution in [-0.4, -0.2) is 17.6 Å². The maximum atomic E-state index is 11.8. The van der Waals surface area contributed by atoms with Crippen LogP contribution in [0.1, 0.15) is 56.3 Å². The van der Waals surface area contributed by atoms with Crippen LogP contribution < -0.4 is 5.32 Å². The molecule has 0 saturated heterocycles. The van der Waals surface area contributed by atoms with Gasteiger partial charge in [0.1, 0.15) is 5.75 Å². The highest BCUT2D eigenvalue weighted by Gasteiger charge is 2.10. The second-order valence-corrected chi connectivity index (χ2v) is 5.95. The molecule has 0 fully saturated rings. The molecule has 0 aliphatic rings. The van der Waals surface area contributed by atoms with Crippen molar-refractivity contribution in [2.24, 2.45) is 5.92 Å². The van der Waals surface area contributed by atoms with Crippen molar-refractivity contribution < 1.29 is 9.90 Å². The molecular weight excluding hydrogens is 274 g/mol. The molecule has 112 valence electrons. The molecule has 0 radical (unpaired) electrons. The van der Waals surface area contributed by atoms with Gasteiger partial charge in [0.05, 0.1) is 5.56 Å². The van der Waals surface area contributed by atoms with E-state index < -0.39 is 0 Å². The molecule has 0 aromatic heterocycles. The van der Waals surface area contributed by atoms with Gasteiger partial charge in [0.2, 0.25) is 0 Å². The molecule has 0 saturated carbocycles. The van der Waals surface area contributed by atoms with E-state index in [1.807, 2.05) is 0 Å². The van der Waals surface area contributed by atoms with Gasteiger partial charge in [-0.25, -0.2) is 0 Å². The lowest BCUT2D eigenvalue weighted by molar-refractivity contribution is 0.0950. The molecule has 0 heterocycles. The number of phenolic OH excluding ortho intramolecular Hbond substituents is 1. The Morgan fingerprint density at radius 1 is 1.25 bits per heavy atom. The standard InChI is InChI=1S/C16H24ClNO2/c1-12(2)7-5-3-4-6-10-18-16(20)14-9-8-13(17)11-15(14)19/h8-9,11-12,19H,3-7,10H2,1-2H3,(H,18,20). The summed E-state index contributed by atoms with van der Waals surface area (Å²) in [6.45, 7) is 5.11. The molecule has 1 rings (SSSR count). The first-order chi connectivity index (χ1) is 9.50. The molecule has 0 aliphatic heterocycles. The number of nitrogens with one attached hydrogen (secondary N) is 1. The van der Waals surface area contributed by atoms with E-state index in [9.17, 15) is 9.90 Å². The van der Waals surface area contributed by atoms with E-state index >= 15 is 0 Å². The summed E-state index contributed by atoms with van der Waals surface area (Å²) in [7, 11) is 0. The van der Waals surface area contributed by atoms with Crippen molar-refractivity contribution >= 4 is 17.5 Å². The molecule has 0 unspecified atom stereocenters. The zero-order valence-corrected chi connectivity index (χ0v) is 13.0. The number of hydrogen-bond acceptors (Lipinski definition) is 2. The topological polar surface area (TPSA) is 49.3 Å². The molecule has 1 amide bonds. The van der Waals surface area contributed by atoms with Crippen LogP contribution in [0.2, 0.25) is 5.02 Å². The first-order valence-electron chi connectivity index (χ1n) is 7.27. The van der Waals surface area contributed by atoms with Crippen molar-refractivity contribution in [3.8, 4) is 5.75 Å². The molecule has 20 heavy (non-hydrogen) atoms. The van der Waals surface area contributed by atoms with Crippen LogP contribution in [0, 0.1) is 5.92 Å². The van der Waals surface area contributed by atoms with Gasteiger partial charge >= 0.3 is 0 Å². The molecule has 0 bridgehead atoms. The Morgan fingerprint density at radius 2 is 1.95 bits per heavy atom. The highest BCUT2D eigenvalue weighted by Crippen LogP contribution is 2.21. The molecule has 0 aliphatic carbocycles. The lowest BCUT2D eigenvalue weighted by Crippen LogP contribution is -2.24. The van der Waals surface area contributed by atoms with Gasteiger partial charge in [0.25, 0.3) is 5.91 Å². The van der Waals surface area contributed by atoms with Crippen molar-refractivity contribution in [2.45, 2.75) is 46.0 Å². The predicted octanol–water partition coefficient (Wildman–Crippen LogP) is 4.38. The molecule has 1 aromatic rings. The SMILES string of the molecule is CC(C)CCCCCCNC(=O)c1ccc(Cl)cc1O. The minimum atomic E-state index is -0.249. The van der Waals surface area contributed by atoms with E-state index in [2.05, 4.69) is 19.2 Å². The summed E-state index contributed by atoms with van der Waals surface area (Å²) in [4.78, 5) is 11.8. The molecule has 0 spiro atoms. The van der Waals surface area contributed by atoms with E-state index in [1.54, 1.807) is 6.07 Å². The summed E-state index contributed by atoms with van der Waals surface area (Å²) >= 11 is 5.73. The second kappa shape index (κ2) is 8.85. The number of unbranched alkanes of at least 4 members (excludes halogenated alkanes) is 3. The first kappa shape index (κ1) is 16.8. The lowest BCUT2D eigenvalue weighted by atomic mass is 10.0. The Balaban J connectivity index is 2.20. The fourth-order valence-corrected chi connectivity index (χ4v) is 2.19. The number of carbonyl (C=O) groups is 1. The Bertz CT molecular complexity index is 432. The van der Waals surface area contributed by atoms with Crippen LogP contribution in [0.4, 0.5) is 0 Å².